The highest BCUT2D eigenvalue weighted by Gasteiger charge is 2.61. The second-order valence-corrected chi connectivity index (χ2v) is 10.4. The van der Waals surface area contributed by atoms with Crippen molar-refractivity contribution in [3.05, 3.63) is 0 Å². The Hall–Kier alpha value is -0.120. The van der Waals surface area contributed by atoms with Crippen LogP contribution in [0.3, 0.4) is 0 Å². The second-order valence-electron chi connectivity index (χ2n) is 10.4. The van der Waals surface area contributed by atoms with Crippen molar-refractivity contribution in [1.29, 1.82) is 0 Å². The summed E-state index contributed by atoms with van der Waals surface area (Å²) in [5.41, 5.74) is 0.912. The second kappa shape index (κ2) is 5.94. The number of aliphatic hydroxyl groups is 1. The summed E-state index contributed by atoms with van der Waals surface area (Å²) in [6, 6.07) is 0. The van der Waals surface area contributed by atoms with Gasteiger partial charge in [-0.2, -0.15) is 0 Å². The van der Waals surface area contributed by atoms with Gasteiger partial charge in [-0.15, -0.1) is 0 Å². The normalized spacial score (nSPS) is 56.3. The van der Waals surface area contributed by atoms with E-state index >= 15 is 0 Å². The highest BCUT2D eigenvalue weighted by Crippen LogP contribution is 2.68. The zero-order valence-corrected chi connectivity index (χ0v) is 16.1. The van der Waals surface area contributed by atoms with E-state index in [4.69, 9.17) is 9.47 Å². The first kappa shape index (κ1) is 17.0. The Morgan fingerprint density at radius 2 is 1.44 bits per heavy atom. The summed E-state index contributed by atoms with van der Waals surface area (Å²) in [4.78, 5) is 0. The lowest BCUT2D eigenvalue weighted by molar-refractivity contribution is -0.158. The topological polar surface area (TPSA) is 38.7 Å². The SMILES string of the molecule is C[C@]12CCC(O)CC1CC[C@@H]1[C@H]2CC[C@]2(C)C(C3OCCO3)CC[C@@H]12. The third-order valence-corrected chi connectivity index (χ3v) is 9.69. The minimum absolute atomic E-state index is 0.0315. The minimum atomic E-state index is -0.0315. The monoisotopic (exact) mass is 348 g/mol. The maximum absolute atomic E-state index is 10.2. The van der Waals surface area contributed by atoms with Crippen LogP contribution in [0.15, 0.2) is 0 Å². The van der Waals surface area contributed by atoms with E-state index in [9.17, 15) is 5.11 Å². The van der Waals surface area contributed by atoms with Gasteiger partial charge in [-0.05, 0) is 92.3 Å². The standard InChI is InChI=1S/C22H36O3/c1-21-9-7-15(23)13-14(21)3-4-16-17-5-6-19(20-24-11-12-25-20)22(17,2)10-8-18(16)21/h14-20,23H,3-13H2,1-2H3/t14?,15?,16-,17-,18+,19?,21-,22-/m0/s1. The predicted octanol–water partition coefficient (Wildman–Crippen LogP) is 4.38. The van der Waals surface area contributed by atoms with Crippen LogP contribution >= 0.6 is 0 Å². The van der Waals surface area contributed by atoms with Crippen molar-refractivity contribution in [2.24, 2.45) is 40.4 Å². The van der Waals surface area contributed by atoms with E-state index < -0.39 is 0 Å². The van der Waals surface area contributed by atoms with Crippen molar-refractivity contribution in [2.45, 2.75) is 84.0 Å². The molecule has 5 aliphatic rings. The Morgan fingerprint density at radius 1 is 0.760 bits per heavy atom. The third kappa shape index (κ3) is 2.41. The molecule has 0 spiro atoms. The molecule has 8 atom stereocenters. The Morgan fingerprint density at radius 3 is 2.24 bits per heavy atom. The van der Waals surface area contributed by atoms with E-state index in [0.29, 0.717) is 16.7 Å². The number of ether oxygens (including phenoxy) is 2. The summed E-state index contributed by atoms with van der Waals surface area (Å²) < 4.78 is 11.9. The van der Waals surface area contributed by atoms with Crippen LogP contribution in [-0.2, 0) is 9.47 Å². The fourth-order valence-corrected chi connectivity index (χ4v) is 8.33. The maximum Gasteiger partial charge on any atom is 0.161 e. The van der Waals surface area contributed by atoms with Gasteiger partial charge in [0.15, 0.2) is 6.29 Å². The molecule has 1 N–H and O–H groups in total. The molecule has 1 heterocycles. The molecule has 25 heavy (non-hydrogen) atoms. The van der Waals surface area contributed by atoms with E-state index in [1.807, 2.05) is 0 Å². The molecule has 5 fully saturated rings. The molecule has 0 radical (unpaired) electrons. The van der Waals surface area contributed by atoms with E-state index in [1.54, 1.807) is 0 Å². The molecule has 0 aromatic carbocycles. The van der Waals surface area contributed by atoms with Crippen molar-refractivity contribution in [3.63, 3.8) is 0 Å². The summed E-state index contributed by atoms with van der Waals surface area (Å²) >= 11 is 0. The molecule has 4 saturated carbocycles. The predicted molar refractivity (Wildman–Crippen MR) is 96.9 cm³/mol. The highest BCUT2D eigenvalue weighted by atomic mass is 16.7. The average molecular weight is 349 g/mol. The Labute approximate surface area is 152 Å². The summed E-state index contributed by atoms with van der Waals surface area (Å²) in [7, 11) is 0. The minimum Gasteiger partial charge on any atom is -0.393 e. The molecule has 0 aromatic heterocycles. The number of fused-ring (bicyclic) bond motifs is 5. The number of rotatable bonds is 1. The van der Waals surface area contributed by atoms with Gasteiger partial charge in [0.2, 0.25) is 0 Å². The third-order valence-electron chi connectivity index (χ3n) is 9.69. The lowest BCUT2D eigenvalue weighted by atomic mass is 9.44. The van der Waals surface area contributed by atoms with Crippen molar-refractivity contribution >= 4 is 0 Å². The van der Waals surface area contributed by atoms with Crippen LogP contribution < -0.4 is 0 Å². The molecule has 0 aromatic rings. The van der Waals surface area contributed by atoms with Crippen LogP contribution in [0.25, 0.3) is 0 Å². The molecule has 3 heteroatoms. The van der Waals surface area contributed by atoms with Crippen molar-refractivity contribution in [2.75, 3.05) is 13.2 Å². The fourth-order valence-electron chi connectivity index (χ4n) is 8.33. The molecule has 4 aliphatic carbocycles. The molecular weight excluding hydrogens is 312 g/mol. The van der Waals surface area contributed by atoms with Gasteiger partial charge in [0.25, 0.3) is 0 Å². The molecule has 5 rings (SSSR count). The highest BCUT2D eigenvalue weighted by molar-refractivity contribution is 5.09. The van der Waals surface area contributed by atoms with Crippen LogP contribution in [0.1, 0.15) is 71.6 Å². The van der Waals surface area contributed by atoms with Gasteiger partial charge in [0.1, 0.15) is 0 Å². The van der Waals surface area contributed by atoms with Crippen molar-refractivity contribution in [3.8, 4) is 0 Å². The first-order valence-corrected chi connectivity index (χ1v) is 10.9. The van der Waals surface area contributed by atoms with E-state index in [-0.39, 0.29) is 12.4 Å². The van der Waals surface area contributed by atoms with Crippen LogP contribution in [-0.4, -0.2) is 30.7 Å². The Kier molecular flexibility index (Phi) is 4.04. The number of aliphatic hydroxyl groups excluding tert-OH is 1. The Bertz CT molecular complexity index is 515. The molecule has 142 valence electrons. The van der Waals surface area contributed by atoms with E-state index in [1.165, 1.54) is 44.9 Å². The average Bonchev–Trinajstić information content (AvgIpc) is 3.22. The number of hydrogen-bond donors (Lipinski definition) is 1. The van der Waals surface area contributed by atoms with Gasteiger partial charge in [0.05, 0.1) is 19.3 Å². The molecule has 3 unspecified atom stereocenters. The van der Waals surface area contributed by atoms with Gasteiger partial charge >= 0.3 is 0 Å². The first-order chi connectivity index (χ1) is 12.0. The van der Waals surface area contributed by atoms with Gasteiger partial charge in [-0.25, -0.2) is 0 Å². The molecular formula is C22H36O3. The zero-order valence-electron chi connectivity index (χ0n) is 16.1. The summed E-state index contributed by atoms with van der Waals surface area (Å²) in [6.45, 7) is 6.72. The maximum atomic E-state index is 10.2. The van der Waals surface area contributed by atoms with Gasteiger partial charge in [-0.3, -0.25) is 0 Å². The van der Waals surface area contributed by atoms with Crippen LogP contribution in [0, 0.1) is 40.4 Å². The van der Waals surface area contributed by atoms with Gasteiger partial charge in [0, 0.05) is 5.92 Å². The van der Waals surface area contributed by atoms with Crippen LogP contribution in [0.4, 0.5) is 0 Å². The van der Waals surface area contributed by atoms with Gasteiger partial charge < -0.3 is 14.6 Å². The summed E-state index contributed by atoms with van der Waals surface area (Å²) in [6.07, 6.45) is 11.6. The summed E-state index contributed by atoms with van der Waals surface area (Å²) in [5.74, 6) is 4.04. The first-order valence-electron chi connectivity index (χ1n) is 10.9. The molecule has 3 nitrogen and oxygen atoms in total. The zero-order chi connectivity index (χ0) is 17.2. The van der Waals surface area contributed by atoms with Crippen LogP contribution in [0.5, 0.6) is 0 Å². The van der Waals surface area contributed by atoms with Crippen molar-refractivity contribution in [1.82, 2.24) is 0 Å². The van der Waals surface area contributed by atoms with E-state index in [0.717, 1.165) is 49.7 Å². The quantitative estimate of drug-likeness (QED) is 0.764. The lowest BCUT2D eigenvalue weighted by Crippen LogP contribution is -2.54. The van der Waals surface area contributed by atoms with Crippen LogP contribution in [0.2, 0.25) is 0 Å². The fraction of sp³-hybridized carbons (Fsp3) is 1.00. The lowest BCUT2D eigenvalue weighted by Gasteiger charge is -2.61. The number of hydrogen-bond acceptors (Lipinski definition) is 3. The largest absolute Gasteiger partial charge is 0.393 e. The van der Waals surface area contributed by atoms with E-state index in [2.05, 4.69) is 13.8 Å². The molecule has 0 amide bonds. The Balaban J connectivity index is 1.40. The smallest absolute Gasteiger partial charge is 0.161 e. The molecule has 1 saturated heterocycles. The summed E-state index contributed by atoms with van der Waals surface area (Å²) in [5, 5.41) is 10.2. The molecule has 1 aliphatic heterocycles. The molecule has 0 bridgehead atoms. The van der Waals surface area contributed by atoms with Crippen molar-refractivity contribution < 1.29 is 14.6 Å². The van der Waals surface area contributed by atoms with Gasteiger partial charge in [-0.1, -0.05) is 13.8 Å².